The topological polar surface area (TPSA) is 101 Å². The summed E-state index contributed by atoms with van der Waals surface area (Å²) in [5.74, 6) is -3.07. The van der Waals surface area contributed by atoms with Gasteiger partial charge in [0, 0.05) is 6.54 Å². The van der Waals surface area contributed by atoms with Gasteiger partial charge in [-0.05, 0) is 24.7 Å². The van der Waals surface area contributed by atoms with Crippen LogP contribution >= 0.6 is 0 Å². The lowest BCUT2D eigenvalue weighted by Gasteiger charge is -2.30. The number of hydrogen-bond acceptors (Lipinski definition) is 3. The van der Waals surface area contributed by atoms with E-state index in [1.54, 1.807) is 0 Å². The first kappa shape index (κ1) is 15.5. The molecule has 0 aromatic rings. The van der Waals surface area contributed by atoms with E-state index < -0.39 is 23.7 Å². The standard InChI is InChI=1S/C15H22N2O4/c1-2-3-6-17(8-11(16)18)14(19)12-9-4-5-10(7-9)13(12)15(20)21/h4-5,9-10,12-13H,2-3,6-8H2,1H3,(H2,16,18)(H,20,21)/t9?,10?,12-,13+/m0/s1. The van der Waals surface area contributed by atoms with Crippen LogP contribution in [0.25, 0.3) is 0 Å². The van der Waals surface area contributed by atoms with E-state index in [0.717, 1.165) is 12.8 Å². The number of primary amides is 1. The first-order valence-electron chi connectivity index (χ1n) is 7.44. The molecule has 2 rings (SSSR count). The second kappa shape index (κ2) is 6.28. The van der Waals surface area contributed by atoms with E-state index in [0.29, 0.717) is 13.0 Å². The summed E-state index contributed by atoms with van der Waals surface area (Å²) >= 11 is 0. The molecular weight excluding hydrogens is 272 g/mol. The molecule has 2 aliphatic rings. The first-order valence-corrected chi connectivity index (χ1v) is 7.44. The molecule has 1 fully saturated rings. The number of allylic oxidation sites excluding steroid dienone is 2. The number of nitrogens with two attached hydrogens (primary N) is 1. The fourth-order valence-corrected chi connectivity index (χ4v) is 3.51. The zero-order valence-corrected chi connectivity index (χ0v) is 12.2. The van der Waals surface area contributed by atoms with E-state index in [1.165, 1.54) is 4.90 Å². The smallest absolute Gasteiger partial charge is 0.307 e. The largest absolute Gasteiger partial charge is 0.481 e. The SMILES string of the molecule is CCCCN(CC(N)=O)C(=O)[C@H]1C2C=CC(C2)[C@H]1C(=O)O. The molecule has 6 nitrogen and oxygen atoms in total. The summed E-state index contributed by atoms with van der Waals surface area (Å²) in [5.41, 5.74) is 5.21. The Balaban J connectivity index is 2.16. The molecule has 0 aromatic carbocycles. The van der Waals surface area contributed by atoms with Crippen molar-refractivity contribution >= 4 is 17.8 Å². The van der Waals surface area contributed by atoms with Crippen LogP contribution in [0, 0.1) is 23.7 Å². The molecule has 2 bridgehead atoms. The number of unbranched alkanes of at least 4 members (excludes halogenated alkanes) is 1. The van der Waals surface area contributed by atoms with E-state index in [1.807, 2.05) is 19.1 Å². The summed E-state index contributed by atoms with van der Waals surface area (Å²) in [7, 11) is 0. The number of carbonyl (C=O) groups is 3. The minimum Gasteiger partial charge on any atom is -0.481 e. The van der Waals surface area contributed by atoms with Crippen molar-refractivity contribution < 1.29 is 19.5 Å². The Labute approximate surface area is 124 Å². The second-order valence-electron chi connectivity index (χ2n) is 5.92. The van der Waals surface area contributed by atoms with Crippen LogP contribution in [-0.2, 0) is 14.4 Å². The number of aliphatic carboxylic acids is 1. The molecule has 3 N–H and O–H groups in total. The van der Waals surface area contributed by atoms with Gasteiger partial charge in [-0.3, -0.25) is 14.4 Å². The van der Waals surface area contributed by atoms with Crippen molar-refractivity contribution in [1.82, 2.24) is 4.90 Å². The molecule has 0 aliphatic heterocycles. The van der Waals surface area contributed by atoms with Crippen molar-refractivity contribution in [3.05, 3.63) is 12.2 Å². The summed E-state index contributed by atoms with van der Waals surface area (Å²) in [6.07, 6.45) is 6.22. The number of hydrogen-bond donors (Lipinski definition) is 2. The maximum atomic E-state index is 12.7. The van der Waals surface area contributed by atoms with Crippen LogP contribution in [0.1, 0.15) is 26.2 Å². The average Bonchev–Trinajstić information content (AvgIpc) is 3.02. The molecule has 0 spiro atoms. The maximum absolute atomic E-state index is 12.7. The van der Waals surface area contributed by atoms with Crippen LogP contribution in [0.3, 0.4) is 0 Å². The van der Waals surface area contributed by atoms with Crippen molar-refractivity contribution in [2.45, 2.75) is 26.2 Å². The Morgan fingerprint density at radius 3 is 2.38 bits per heavy atom. The molecule has 2 unspecified atom stereocenters. The van der Waals surface area contributed by atoms with Gasteiger partial charge in [0.05, 0.1) is 18.4 Å². The van der Waals surface area contributed by atoms with E-state index in [4.69, 9.17) is 5.73 Å². The highest BCUT2D eigenvalue weighted by molar-refractivity contribution is 5.89. The van der Waals surface area contributed by atoms with E-state index >= 15 is 0 Å². The highest BCUT2D eigenvalue weighted by Gasteiger charge is 2.52. The van der Waals surface area contributed by atoms with Gasteiger partial charge in [-0.1, -0.05) is 25.5 Å². The number of carboxylic acids is 1. The minimum atomic E-state index is -0.931. The quantitative estimate of drug-likeness (QED) is 0.672. The van der Waals surface area contributed by atoms with E-state index in [9.17, 15) is 19.5 Å². The number of rotatable bonds is 7. The van der Waals surface area contributed by atoms with E-state index in [2.05, 4.69) is 0 Å². The first-order chi connectivity index (χ1) is 9.95. The zero-order chi connectivity index (χ0) is 15.6. The molecule has 116 valence electrons. The highest BCUT2D eigenvalue weighted by Crippen LogP contribution is 2.48. The fourth-order valence-electron chi connectivity index (χ4n) is 3.51. The molecule has 0 heterocycles. The average molecular weight is 294 g/mol. The number of carbonyl (C=O) groups excluding carboxylic acids is 2. The Bertz CT molecular complexity index is 474. The predicted octanol–water partition coefficient (Wildman–Crippen LogP) is 0.623. The predicted molar refractivity (Wildman–Crippen MR) is 76.0 cm³/mol. The number of nitrogens with zero attached hydrogens (tertiary/aromatic N) is 1. The molecule has 0 radical (unpaired) electrons. The molecule has 2 amide bonds. The van der Waals surface area contributed by atoms with Gasteiger partial charge >= 0.3 is 5.97 Å². The summed E-state index contributed by atoms with van der Waals surface area (Å²) in [5, 5.41) is 9.40. The van der Waals surface area contributed by atoms with Gasteiger partial charge in [0.15, 0.2) is 0 Å². The lowest BCUT2D eigenvalue weighted by atomic mass is 9.82. The molecule has 1 saturated carbocycles. The van der Waals surface area contributed by atoms with Crippen LogP contribution in [0.5, 0.6) is 0 Å². The number of fused-ring (bicyclic) bond motifs is 2. The van der Waals surface area contributed by atoms with Crippen molar-refractivity contribution in [3.8, 4) is 0 Å². The summed E-state index contributed by atoms with van der Waals surface area (Å²) in [4.78, 5) is 36.8. The lowest BCUT2D eigenvalue weighted by molar-refractivity contribution is -0.151. The van der Waals surface area contributed by atoms with Gasteiger partial charge in [-0.25, -0.2) is 0 Å². The normalized spacial score (nSPS) is 29.6. The second-order valence-corrected chi connectivity index (χ2v) is 5.92. The Morgan fingerprint density at radius 2 is 1.86 bits per heavy atom. The molecule has 6 heteroatoms. The Kier molecular flexibility index (Phi) is 4.65. The van der Waals surface area contributed by atoms with Crippen molar-refractivity contribution in [1.29, 1.82) is 0 Å². The number of carboxylic acid groups (broad SMARTS) is 1. The van der Waals surface area contributed by atoms with Gasteiger partial charge < -0.3 is 15.7 Å². The fraction of sp³-hybridized carbons (Fsp3) is 0.667. The maximum Gasteiger partial charge on any atom is 0.307 e. The third-order valence-corrected chi connectivity index (χ3v) is 4.47. The third kappa shape index (κ3) is 3.09. The highest BCUT2D eigenvalue weighted by atomic mass is 16.4. The lowest BCUT2D eigenvalue weighted by Crippen LogP contribution is -2.46. The van der Waals surface area contributed by atoms with Gasteiger partial charge in [0.1, 0.15) is 0 Å². The van der Waals surface area contributed by atoms with Crippen LogP contribution in [0.4, 0.5) is 0 Å². The van der Waals surface area contributed by atoms with Gasteiger partial charge in [-0.2, -0.15) is 0 Å². The summed E-state index contributed by atoms with van der Waals surface area (Å²) < 4.78 is 0. The van der Waals surface area contributed by atoms with Gasteiger partial charge in [-0.15, -0.1) is 0 Å². The summed E-state index contributed by atoms with van der Waals surface area (Å²) in [6.45, 7) is 2.30. The van der Waals surface area contributed by atoms with Crippen molar-refractivity contribution in [3.63, 3.8) is 0 Å². The Hall–Kier alpha value is -1.85. The molecule has 2 aliphatic carbocycles. The monoisotopic (exact) mass is 294 g/mol. The zero-order valence-electron chi connectivity index (χ0n) is 12.2. The molecule has 0 saturated heterocycles. The molecule has 21 heavy (non-hydrogen) atoms. The van der Waals surface area contributed by atoms with Crippen LogP contribution in [0.2, 0.25) is 0 Å². The van der Waals surface area contributed by atoms with Crippen LogP contribution in [-0.4, -0.2) is 40.9 Å². The number of amides is 2. The van der Waals surface area contributed by atoms with Crippen LogP contribution in [0.15, 0.2) is 12.2 Å². The third-order valence-electron chi connectivity index (χ3n) is 4.47. The summed E-state index contributed by atoms with van der Waals surface area (Å²) in [6, 6.07) is 0. The molecule has 4 atom stereocenters. The Morgan fingerprint density at radius 1 is 1.24 bits per heavy atom. The van der Waals surface area contributed by atoms with Gasteiger partial charge in [0.2, 0.25) is 11.8 Å². The van der Waals surface area contributed by atoms with Crippen molar-refractivity contribution in [2.24, 2.45) is 29.4 Å². The molecular formula is C15H22N2O4. The van der Waals surface area contributed by atoms with E-state index in [-0.39, 0.29) is 24.3 Å². The minimum absolute atomic E-state index is 0.0272. The van der Waals surface area contributed by atoms with Crippen molar-refractivity contribution in [2.75, 3.05) is 13.1 Å². The molecule has 0 aromatic heterocycles. The van der Waals surface area contributed by atoms with Crippen LogP contribution < -0.4 is 5.73 Å². The van der Waals surface area contributed by atoms with Gasteiger partial charge in [0.25, 0.3) is 0 Å².